The Hall–Kier alpha value is -1.77. The van der Waals surface area contributed by atoms with Gasteiger partial charge < -0.3 is 20.6 Å². The van der Waals surface area contributed by atoms with Crippen LogP contribution in [0.1, 0.15) is 12.0 Å². The van der Waals surface area contributed by atoms with E-state index in [1.54, 1.807) is 12.1 Å². The van der Waals surface area contributed by atoms with Crippen LogP contribution in [0.2, 0.25) is 0 Å². The van der Waals surface area contributed by atoms with Gasteiger partial charge in [-0.15, -0.1) is 0 Å². The Morgan fingerprint density at radius 2 is 2.26 bits per heavy atom. The topological polar surface area (TPSA) is 76.5 Å². The van der Waals surface area contributed by atoms with Gasteiger partial charge in [0.25, 0.3) is 0 Å². The summed E-state index contributed by atoms with van der Waals surface area (Å²) in [6.45, 7) is 1.42. The molecular formula is C14H20N4O. The van der Waals surface area contributed by atoms with E-state index in [1.807, 2.05) is 20.2 Å². The van der Waals surface area contributed by atoms with Gasteiger partial charge in [-0.1, -0.05) is 0 Å². The van der Waals surface area contributed by atoms with E-state index < -0.39 is 0 Å². The van der Waals surface area contributed by atoms with E-state index in [-0.39, 0.29) is 12.1 Å². The smallest absolute Gasteiger partial charge is 0.101 e. The molecule has 1 aliphatic heterocycles. The molecule has 102 valence electrons. The Balaban J connectivity index is 2.31. The third-order valence-electron chi connectivity index (χ3n) is 3.42. The predicted octanol–water partition coefficient (Wildman–Crippen LogP) is 0.642. The number of nitriles is 1. The first-order valence-corrected chi connectivity index (χ1v) is 6.40. The summed E-state index contributed by atoms with van der Waals surface area (Å²) in [6, 6.07) is 7.76. The number of anilines is 2. The van der Waals surface area contributed by atoms with Gasteiger partial charge in [0.1, 0.15) is 6.07 Å². The van der Waals surface area contributed by atoms with E-state index in [9.17, 15) is 10.4 Å². The van der Waals surface area contributed by atoms with Gasteiger partial charge in [-0.3, -0.25) is 0 Å². The number of aliphatic hydroxyl groups excluding tert-OH is 1. The molecule has 1 aromatic rings. The molecule has 1 saturated heterocycles. The number of hydrogen-bond acceptors (Lipinski definition) is 5. The summed E-state index contributed by atoms with van der Waals surface area (Å²) in [4.78, 5) is 4.21. The van der Waals surface area contributed by atoms with Crippen molar-refractivity contribution in [1.82, 2.24) is 4.90 Å². The number of hydrogen-bond donors (Lipinski definition) is 2. The van der Waals surface area contributed by atoms with Crippen LogP contribution >= 0.6 is 0 Å². The lowest BCUT2D eigenvalue weighted by atomic mass is 10.1. The summed E-state index contributed by atoms with van der Waals surface area (Å²) in [5.41, 5.74) is 7.73. The second kappa shape index (κ2) is 5.47. The Morgan fingerprint density at radius 1 is 1.53 bits per heavy atom. The molecule has 5 heteroatoms. The summed E-state index contributed by atoms with van der Waals surface area (Å²) >= 11 is 0. The second-order valence-corrected chi connectivity index (χ2v) is 5.35. The molecular weight excluding hydrogens is 240 g/mol. The molecule has 0 bridgehead atoms. The van der Waals surface area contributed by atoms with Crippen molar-refractivity contribution >= 4 is 11.4 Å². The number of nitrogen functional groups attached to an aromatic ring is 1. The van der Waals surface area contributed by atoms with Gasteiger partial charge in [-0.05, 0) is 38.7 Å². The van der Waals surface area contributed by atoms with E-state index in [0.717, 1.165) is 18.7 Å². The molecule has 2 atom stereocenters. The molecule has 3 N–H and O–H groups in total. The van der Waals surface area contributed by atoms with E-state index in [2.05, 4.69) is 15.9 Å². The van der Waals surface area contributed by atoms with Crippen LogP contribution in [0.4, 0.5) is 11.4 Å². The van der Waals surface area contributed by atoms with Crippen LogP contribution in [0.15, 0.2) is 18.2 Å². The first-order valence-electron chi connectivity index (χ1n) is 6.40. The van der Waals surface area contributed by atoms with Gasteiger partial charge >= 0.3 is 0 Å². The lowest BCUT2D eigenvalue weighted by molar-refractivity contribution is 0.191. The van der Waals surface area contributed by atoms with Crippen LogP contribution in [-0.4, -0.2) is 49.3 Å². The highest BCUT2D eigenvalue weighted by atomic mass is 16.3. The van der Waals surface area contributed by atoms with Gasteiger partial charge in [0.15, 0.2) is 0 Å². The SMILES string of the molecule is CN(C)CC1CC(O)CN1c1ccc(N)cc1C#N. The molecule has 5 nitrogen and oxygen atoms in total. The fourth-order valence-electron chi connectivity index (χ4n) is 2.68. The molecule has 0 spiro atoms. The first kappa shape index (κ1) is 13.7. The zero-order valence-electron chi connectivity index (χ0n) is 11.4. The molecule has 1 heterocycles. The third kappa shape index (κ3) is 2.98. The Morgan fingerprint density at radius 3 is 2.89 bits per heavy atom. The number of nitrogens with zero attached hydrogens (tertiary/aromatic N) is 3. The maximum atomic E-state index is 9.89. The number of β-amino-alcohol motifs (C(OH)–C–C–N with tert-alkyl or cyclic N) is 1. The number of nitrogens with two attached hydrogens (primary N) is 1. The maximum absolute atomic E-state index is 9.89. The van der Waals surface area contributed by atoms with Crippen LogP contribution in [0.5, 0.6) is 0 Å². The van der Waals surface area contributed by atoms with Crippen molar-refractivity contribution in [3.8, 4) is 6.07 Å². The fraction of sp³-hybridized carbons (Fsp3) is 0.500. The zero-order chi connectivity index (χ0) is 14.0. The number of aliphatic hydroxyl groups is 1. The summed E-state index contributed by atoms with van der Waals surface area (Å²) in [7, 11) is 4.02. The maximum Gasteiger partial charge on any atom is 0.101 e. The molecule has 19 heavy (non-hydrogen) atoms. The average molecular weight is 260 g/mol. The van der Waals surface area contributed by atoms with Crippen LogP contribution < -0.4 is 10.6 Å². The summed E-state index contributed by atoms with van der Waals surface area (Å²) in [6.07, 6.45) is 0.391. The highest BCUT2D eigenvalue weighted by Crippen LogP contribution is 2.30. The van der Waals surface area contributed by atoms with Crippen molar-refractivity contribution in [2.24, 2.45) is 0 Å². The van der Waals surface area contributed by atoms with Crippen LogP contribution in [-0.2, 0) is 0 Å². The van der Waals surface area contributed by atoms with Crippen molar-refractivity contribution in [3.63, 3.8) is 0 Å². The number of rotatable bonds is 3. The predicted molar refractivity (Wildman–Crippen MR) is 75.9 cm³/mol. The minimum absolute atomic E-state index is 0.223. The quantitative estimate of drug-likeness (QED) is 0.780. The highest BCUT2D eigenvalue weighted by Gasteiger charge is 2.32. The van der Waals surface area contributed by atoms with Crippen molar-refractivity contribution in [3.05, 3.63) is 23.8 Å². The number of likely N-dealkylation sites (N-methyl/N-ethyl adjacent to an activating group) is 1. The average Bonchev–Trinajstić information content (AvgIpc) is 2.69. The Labute approximate surface area is 113 Å². The van der Waals surface area contributed by atoms with E-state index in [4.69, 9.17) is 5.73 Å². The van der Waals surface area contributed by atoms with Crippen molar-refractivity contribution < 1.29 is 5.11 Å². The van der Waals surface area contributed by atoms with E-state index >= 15 is 0 Å². The first-order chi connectivity index (χ1) is 9.01. The Bertz CT molecular complexity index is 495. The minimum atomic E-state index is -0.339. The molecule has 1 aliphatic rings. The molecule has 1 aromatic carbocycles. The monoisotopic (exact) mass is 260 g/mol. The molecule has 0 aliphatic carbocycles. The zero-order valence-corrected chi connectivity index (χ0v) is 11.4. The van der Waals surface area contributed by atoms with Gasteiger partial charge in [0, 0.05) is 24.8 Å². The standard InChI is InChI=1S/C14H20N4O/c1-17(2)8-12-6-13(19)9-18(12)14-4-3-11(16)5-10(14)7-15/h3-5,12-13,19H,6,8-9,16H2,1-2H3. The van der Waals surface area contributed by atoms with Crippen molar-refractivity contribution in [2.45, 2.75) is 18.6 Å². The molecule has 0 radical (unpaired) electrons. The van der Waals surface area contributed by atoms with Gasteiger partial charge in [0.05, 0.1) is 17.4 Å². The van der Waals surface area contributed by atoms with Gasteiger partial charge in [0.2, 0.25) is 0 Å². The molecule has 0 amide bonds. The van der Waals surface area contributed by atoms with Crippen molar-refractivity contribution in [1.29, 1.82) is 5.26 Å². The third-order valence-corrected chi connectivity index (χ3v) is 3.42. The van der Waals surface area contributed by atoms with Crippen molar-refractivity contribution in [2.75, 3.05) is 37.8 Å². The highest BCUT2D eigenvalue weighted by molar-refractivity contribution is 5.65. The van der Waals surface area contributed by atoms with Crippen LogP contribution in [0, 0.1) is 11.3 Å². The Kier molecular flexibility index (Phi) is 3.93. The molecule has 0 aromatic heterocycles. The fourth-order valence-corrected chi connectivity index (χ4v) is 2.68. The summed E-state index contributed by atoms with van der Waals surface area (Å²) in [5, 5.41) is 19.1. The molecule has 2 unspecified atom stereocenters. The van der Waals surface area contributed by atoms with Gasteiger partial charge in [-0.2, -0.15) is 5.26 Å². The molecule has 0 saturated carbocycles. The lowest BCUT2D eigenvalue weighted by Crippen LogP contribution is -2.38. The number of benzene rings is 1. The summed E-state index contributed by atoms with van der Waals surface area (Å²) in [5.74, 6) is 0. The minimum Gasteiger partial charge on any atom is -0.399 e. The molecule has 2 rings (SSSR count). The summed E-state index contributed by atoms with van der Waals surface area (Å²) < 4.78 is 0. The van der Waals surface area contributed by atoms with Crippen LogP contribution in [0.25, 0.3) is 0 Å². The van der Waals surface area contributed by atoms with Crippen LogP contribution in [0.3, 0.4) is 0 Å². The molecule has 1 fully saturated rings. The lowest BCUT2D eigenvalue weighted by Gasteiger charge is -2.29. The van der Waals surface area contributed by atoms with E-state index in [0.29, 0.717) is 17.8 Å². The largest absolute Gasteiger partial charge is 0.399 e. The van der Waals surface area contributed by atoms with Gasteiger partial charge in [-0.25, -0.2) is 0 Å². The van der Waals surface area contributed by atoms with E-state index in [1.165, 1.54) is 0 Å². The second-order valence-electron chi connectivity index (χ2n) is 5.35. The normalized spacial score (nSPS) is 22.8.